The van der Waals surface area contributed by atoms with Gasteiger partial charge in [0.15, 0.2) is 5.96 Å². The smallest absolute Gasteiger partial charge is 0.247 e. The minimum atomic E-state index is -3.63. The molecule has 0 saturated heterocycles. The first-order valence-electron chi connectivity index (χ1n) is 9.38. The lowest BCUT2D eigenvalue weighted by molar-refractivity contribution is 0.235. The number of halogens is 1. The number of guanidine groups is 1. The van der Waals surface area contributed by atoms with Crippen molar-refractivity contribution in [3.63, 3.8) is 0 Å². The molecule has 1 aromatic heterocycles. The van der Waals surface area contributed by atoms with Crippen LogP contribution in [0, 0.1) is 11.3 Å². The third-order valence-corrected chi connectivity index (χ3v) is 7.30. The monoisotopic (exact) mass is 528 g/mol. The molecule has 27 heavy (non-hydrogen) atoms. The third-order valence-electron chi connectivity index (χ3n) is 4.79. The Morgan fingerprint density at radius 1 is 1.30 bits per heavy atom. The largest absolute Gasteiger partial charge is 0.357 e. The van der Waals surface area contributed by atoms with E-state index in [2.05, 4.69) is 29.5 Å². The summed E-state index contributed by atoms with van der Waals surface area (Å²) in [6, 6.07) is 3.32. The van der Waals surface area contributed by atoms with Gasteiger partial charge in [-0.3, -0.25) is 0 Å². The van der Waals surface area contributed by atoms with Gasteiger partial charge in [0.1, 0.15) is 4.21 Å². The van der Waals surface area contributed by atoms with E-state index in [4.69, 9.17) is 5.14 Å². The SMILES string of the molecule is CCNC(=NCc1ccc(S(N)(=O)=O)s1)NCC1(CC(C)C)CCCC1.I. The summed E-state index contributed by atoms with van der Waals surface area (Å²) in [6.07, 6.45) is 6.42. The van der Waals surface area contributed by atoms with Crippen LogP contribution in [0.4, 0.5) is 0 Å². The number of nitrogens with two attached hydrogens (primary N) is 1. The van der Waals surface area contributed by atoms with E-state index in [1.54, 1.807) is 12.1 Å². The normalized spacial score (nSPS) is 17.0. The maximum Gasteiger partial charge on any atom is 0.247 e. The van der Waals surface area contributed by atoms with Gasteiger partial charge in [-0.25, -0.2) is 18.5 Å². The number of thiophene rings is 1. The van der Waals surface area contributed by atoms with Crippen LogP contribution in [0.15, 0.2) is 21.3 Å². The van der Waals surface area contributed by atoms with Crippen LogP contribution in [0.3, 0.4) is 0 Å². The van der Waals surface area contributed by atoms with E-state index in [-0.39, 0.29) is 28.2 Å². The third kappa shape index (κ3) is 7.86. The van der Waals surface area contributed by atoms with Crippen molar-refractivity contribution in [2.75, 3.05) is 13.1 Å². The summed E-state index contributed by atoms with van der Waals surface area (Å²) in [5.74, 6) is 1.48. The van der Waals surface area contributed by atoms with Crippen molar-refractivity contribution < 1.29 is 8.42 Å². The summed E-state index contributed by atoms with van der Waals surface area (Å²) < 4.78 is 23.0. The van der Waals surface area contributed by atoms with Crippen molar-refractivity contribution in [3.05, 3.63) is 17.0 Å². The molecular weight excluding hydrogens is 495 g/mol. The Labute approximate surface area is 184 Å². The zero-order valence-corrected chi connectivity index (χ0v) is 20.4. The number of nitrogens with zero attached hydrogens (tertiary/aromatic N) is 1. The Hall–Kier alpha value is -0.390. The van der Waals surface area contributed by atoms with Gasteiger partial charge in [0, 0.05) is 18.0 Å². The molecule has 1 aliphatic carbocycles. The van der Waals surface area contributed by atoms with Gasteiger partial charge in [0.05, 0.1) is 6.54 Å². The van der Waals surface area contributed by atoms with Gasteiger partial charge in [-0.2, -0.15) is 0 Å². The Bertz CT molecular complexity index is 711. The fourth-order valence-electron chi connectivity index (χ4n) is 3.81. The van der Waals surface area contributed by atoms with Gasteiger partial charge < -0.3 is 10.6 Å². The van der Waals surface area contributed by atoms with Crippen molar-refractivity contribution >= 4 is 51.3 Å². The van der Waals surface area contributed by atoms with E-state index in [1.165, 1.54) is 43.4 Å². The van der Waals surface area contributed by atoms with Crippen LogP contribution in [0.1, 0.15) is 57.8 Å². The number of primary sulfonamides is 1. The minimum absolute atomic E-state index is 0. The second kappa shape index (κ2) is 11.0. The summed E-state index contributed by atoms with van der Waals surface area (Å²) in [5, 5.41) is 12.0. The van der Waals surface area contributed by atoms with Gasteiger partial charge in [0.2, 0.25) is 10.0 Å². The van der Waals surface area contributed by atoms with Crippen LogP contribution >= 0.6 is 35.3 Å². The number of rotatable bonds is 8. The van der Waals surface area contributed by atoms with Crippen LogP contribution in [-0.4, -0.2) is 27.5 Å². The number of hydrogen-bond acceptors (Lipinski definition) is 4. The molecule has 2 rings (SSSR count). The summed E-state index contributed by atoms with van der Waals surface area (Å²) in [4.78, 5) is 5.50. The highest BCUT2D eigenvalue weighted by Crippen LogP contribution is 2.42. The molecule has 0 unspecified atom stereocenters. The van der Waals surface area contributed by atoms with Crippen molar-refractivity contribution in [1.82, 2.24) is 10.6 Å². The van der Waals surface area contributed by atoms with E-state index in [0.717, 1.165) is 23.9 Å². The highest BCUT2D eigenvalue weighted by molar-refractivity contribution is 14.0. The fraction of sp³-hybridized carbons (Fsp3) is 0.722. The molecule has 1 saturated carbocycles. The van der Waals surface area contributed by atoms with Gasteiger partial charge >= 0.3 is 0 Å². The second-order valence-electron chi connectivity index (χ2n) is 7.62. The van der Waals surface area contributed by atoms with Gasteiger partial charge in [-0.05, 0) is 49.7 Å². The van der Waals surface area contributed by atoms with Crippen molar-refractivity contribution in [1.29, 1.82) is 0 Å². The maximum absolute atomic E-state index is 11.4. The molecule has 0 spiro atoms. The quantitative estimate of drug-likeness (QED) is 0.273. The van der Waals surface area contributed by atoms with E-state index < -0.39 is 10.0 Å². The first kappa shape index (κ1) is 24.6. The van der Waals surface area contributed by atoms with E-state index in [9.17, 15) is 8.42 Å². The molecule has 0 atom stereocenters. The van der Waals surface area contributed by atoms with Gasteiger partial charge in [-0.15, -0.1) is 35.3 Å². The number of nitrogens with one attached hydrogen (secondary N) is 2. The predicted molar refractivity (Wildman–Crippen MR) is 124 cm³/mol. The Kier molecular flexibility index (Phi) is 10.0. The summed E-state index contributed by atoms with van der Waals surface area (Å²) in [6.45, 7) is 8.78. The van der Waals surface area contributed by atoms with Crippen molar-refractivity contribution in [3.8, 4) is 0 Å². The zero-order chi connectivity index (χ0) is 19.2. The second-order valence-corrected chi connectivity index (χ2v) is 10.6. The van der Waals surface area contributed by atoms with Crippen molar-refractivity contribution in [2.24, 2.45) is 21.5 Å². The molecule has 1 aliphatic rings. The number of aliphatic imine (C=N–C) groups is 1. The highest BCUT2D eigenvalue weighted by Gasteiger charge is 2.34. The van der Waals surface area contributed by atoms with Crippen LogP contribution in [0.25, 0.3) is 0 Å². The first-order chi connectivity index (χ1) is 12.2. The molecule has 1 aromatic rings. The summed E-state index contributed by atoms with van der Waals surface area (Å²) in [5.41, 5.74) is 0.369. The van der Waals surface area contributed by atoms with Gasteiger partial charge in [0.25, 0.3) is 0 Å². The molecule has 0 bridgehead atoms. The Morgan fingerprint density at radius 3 is 2.48 bits per heavy atom. The molecule has 6 nitrogen and oxygen atoms in total. The highest BCUT2D eigenvalue weighted by atomic mass is 127. The molecule has 4 N–H and O–H groups in total. The molecular formula is C18H33IN4O2S2. The molecule has 1 fully saturated rings. The lowest BCUT2D eigenvalue weighted by Crippen LogP contribution is -2.43. The summed E-state index contributed by atoms with van der Waals surface area (Å²) in [7, 11) is -3.63. The average molecular weight is 529 g/mol. The summed E-state index contributed by atoms with van der Waals surface area (Å²) >= 11 is 1.18. The fourth-order valence-corrected chi connectivity index (χ4v) is 5.51. The van der Waals surface area contributed by atoms with Crippen LogP contribution in [0.5, 0.6) is 0 Å². The number of hydrogen-bond donors (Lipinski definition) is 3. The molecule has 0 aromatic carbocycles. The molecule has 0 radical (unpaired) electrons. The molecule has 0 amide bonds. The standard InChI is InChI=1S/C18H32N4O2S2.HI/c1-4-20-17(21-12-15-7-8-16(25-15)26(19,23)24)22-13-18(11-14(2)3)9-5-6-10-18;/h7-8,14H,4-6,9-13H2,1-3H3,(H2,19,23,24)(H2,20,21,22);1H. The Balaban J connectivity index is 0.00000364. The van der Waals surface area contributed by atoms with Gasteiger partial charge in [-0.1, -0.05) is 26.7 Å². The van der Waals surface area contributed by atoms with Crippen LogP contribution in [0.2, 0.25) is 0 Å². The lowest BCUT2D eigenvalue weighted by Gasteiger charge is -2.32. The van der Waals surface area contributed by atoms with Crippen LogP contribution in [-0.2, 0) is 16.6 Å². The maximum atomic E-state index is 11.4. The molecule has 9 heteroatoms. The first-order valence-corrected chi connectivity index (χ1v) is 11.7. The minimum Gasteiger partial charge on any atom is -0.357 e. The van der Waals surface area contributed by atoms with E-state index in [0.29, 0.717) is 17.9 Å². The molecule has 156 valence electrons. The van der Waals surface area contributed by atoms with E-state index in [1.807, 2.05) is 6.92 Å². The molecule has 0 aliphatic heterocycles. The topological polar surface area (TPSA) is 96.6 Å². The Morgan fingerprint density at radius 2 is 1.96 bits per heavy atom. The number of sulfonamides is 1. The zero-order valence-electron chi connectivity index (χ0n) is 16.5. The average Bonchev–Trinajstić information content (AvgIpc) is 3.19. The lowest BCUT2D eigenvalue weighted by atomic mass is 9.78. The predicted octanol–water partition coefficient (Wildman–Crippen LogP) is 3.68. The van der Waals surface area contributed by atoms with Crippen LogP contribution < -0.4 is 15.8 Å². The van der Waals surface area contributed by atoms with Crippen molar-refractivity contribution in [2.45, 2.75) is 63.6 Å². The van der Waals surface area contributed by atoms with E-state index >= 15 is 0 Å². The molecule has 1 heterocycles.